The number of nitrogens with one attached hydrogen (secondary N) is 1. The first kappa shape index (κ1) is 12.5. The first-order valence-electron chi connectivity index (χ1n) is 6.08. The highest BCUT2D eigenvalue weighted by Crippen LogP contribution is 2.18. The zero-order chi connectivity index (χ0) is 12.8. The molecule has 6 heteroatoms. The van der Waals surface area contributed by atoms with Gasteiger partial charge in [-0.2, -0.15) is 0 Å². The smallest absolute Gasteiger partial charge is 0.146 e. The molecule has 96 valence electrons. The molecule has 1 N–H and O–H groups in total. The number of tetrazole rings is 1. The van der Waals surface area contributed by atoms with Gasteiger partial charge in [0.15, 0.2) is 0 Å². The molecule has 2 aromatic rings. The molecule has 1 heterocycles. The van der Waals surface area contributed by atoms with Crippen LogP contribution in [0.4, 0.5) is 10.1 Å². The van der Waals surface area contributed by atoms with Crippen molar-refractivity contribution in [2.75, 3.05) is 11.9 Å². The van der Waals surface area contributed by atoms with Crippen molar-refractivity contribution in [3.8, 4) is 5.69 Å². The SMILES string of the molecule is CCCCCNc1cc(-n2cnnn2)ccc1F. The second-order valence-corrected chi connectivity index (χ2v) is 4.05. The van der Waals surface area contributed by atoms with Crippen LogP contribution in [0.25, 0.3) is 5.69 Å². The van der Waals surface area contributed by atoms with E-state index in [-0.39, 0.29) is 5.82 Å². The summed E-state index contributed by atoms with van der Waals surface area (Å²) >= 11 is 0. The van der Waals surface area contributed by atoms with E-state index < -0.39 is 0 Å². The summed E-state index contributed by atoms with van der Waals surface area (Å²) < 4.78 is 15.1. The second-order valence-electron chi connectivity index (χ2n) is 4.05. The third kappa shape index (κ3) is 3.03. The van der Waals surface area contributed by atoms with Crippen molar-refractivity contribution in [1.82, 2.24) is 20.2 Å². The van der Waals surface area contributed by atoms with Crippen LogP contribution in [-0.4, -0.2) is 26.8 Å². The van der Waals surface area contributed by atoms with E-state index in [1.165, 1.54) is 17.1 Å². The van der Waals surface area contributed by atoms with Crippen LogP contribution in [0.3, 0.4) is 0 Å². The van der Waals surface area contributed by atoms with Crippen LogP contribution in [-0.2, 0) is 0 Å². The van der Waals surface area contributed by atoms with Crippen molar-refractivity contribution in [2.45, 2.75) is 26.2 Å². The number of hydrogen-bond donors (Lipinski definition) is 1. The lowest BCUT2D eigenvalue weighted by Gasteiger charge is -2.09. The fraction of sp³-hybridized carbons (Fsp3) is 0.417. The molecule has 0 unspecified atom stereocenters. The van der Waals surface area contributed by atoms with E-state index in [0.717, 1.165) is 31.5 Å². The van der Waals surface area contributed by atoms with Crippen molar-refractivity contribution < 1.29 is 4.39 Å². The molecule has 2 rings (SSSR count). The fourth-order valence-corrected chi connectivity index (χ4v) is 1.67. The maximum atomic E-state index is 13.6. The van der Waals surface area contributed by atoms with Gasteiger partial charge in [0, 0.05) is 6.54 Å². The predicted octanol–water partition coefficient (Wildman–Crippen LogP) is 2.40. The van der Waals surface area contributed by atoms with Gasteiger partial charge in [-0.3, -0.25) is 0 Å². The number of benzene rings is 1. The second kappa shape index (κ2) is 6.09. The number of unbranched alkanes of at least 4 members (excludes halogenated alkanes) is 2. The number of aromatic nitrogens is 4. The summed E-state index contributed by atoms with van der Waals surface area (Å²) in [7, 11) is 0. The fourth-order valence-electron chi connectivity index (χ4n) is 1.67. The summed E-state index contributed by atoms with van der Waals surface area (Å²) in [5.74, 6) is -0.261. The standard InChI is InChI=1S/C12H16FN5/c1-2-3-4-7-14-12-8-10(5-6-11(12)13)18-9-15-16-17-18/h5-6,8-9,14H,2-4,7H2,1H3. The molecule has 0 bridgehead atoms. The molecular weight excluding hydrogens is 233 g/mol. The lowest BCUT2D eigenvalue weighted by molar-refractivity contribution is 0.627. The van der Waals surface area contributed by atoms with Gasteiger partial charge in [-0.15, -0.1) is 5.10 Å². The minimum Gasteiger partial charge on any atom is -0.383 e. The quantitative estimate of drug-likeness (QED) is 0.799. The molecule has 0 spiro atoms. The molecule has 0 radical (unpaired) electrons. The normalized spacial score (nSPS) is 10.6. The van der Waals surface area contributed by atoms with Crippen LogP contribution < -0.4 is 5.32 Å². The van der Waals surface area contributed by atoms with Crippen molar-refractivity contribution in [2.24, 2.45) is 0 Å². The van der Waals surface area contributed by atoms with Crippen molar-refractivity contribution in [3.05, 3.63) is 30.3 Å². The van der Waals surface area contributed by atoms with E-state index in [4.69, 9.17) is 0 Å². The molecule has 0 saturated carbocycles. The number of rotatable bonds is 6. The number of hydrogen-bond acceptors (Lipinski definition) is 4. The Hall–Kier alpha value is -1.98. The van der Waals surface area contributed by atoms with Gasteiger partial charge in [0.05, 0.1) is 11.4 Å². The van der Waals surface area contributed by atoms with E-state index in [9.17, 15) is 4.39 Å². The van der Waals surface area contributed by atoms with Gasteiger partial charge in [0.1, 0.15) is 12.1 Å². The zero-order valence-corrected chi connectivity index (χ0v) is 10.3. The van der Waals surface area contributed by atoms with E-state index in [2.05, 4.69) is 27.8 Å². The molecule has 0 fully saturated rings. The van der Waals surface area contributed by atoms with Gasteiger partial charge in [0.2, 0.25) is 0 Å². The summed E-state index contributed by atoms with van der Waals surface area (Å²) in [5.41, 5.74) is 1.22. The molecule has 18 heavy (non-hydrogen) atoms. The van der Waals surface area contributed by atoms with Gasteiger partial charge in [0.25, 0.3) is 0 Å². The maximum Gasteiger partial charge on any atom is 0.146 e. The molecule has 0 aliphatic rings. The monoisotopic (exact) mass is 249 g/mol. The Bertz CT molecular complexity index is 483. The molecule has 0 atom stereocenters. The molecule has 5 nitrogen and oxygen atoms in total. The average molecular weight is 249 g/mol. The van der Waals surface area contributed by atoms with Gasteiger partial charge < -0.3 is 5.32 Å². The Morgan fingerprint density at radius 1 is 1.33 bits per heavy atom. The first-order chi connectivity index (χ1) is 8.81. The number of halogens is 1. The van der Waals surface area contributed by atoms with Crippen molar-refractivity contribution in [3.63, 3.8) is 0 Å². The molecular formula is C12H16FN5. The third-order valence-corrected chi connectivity index (χ3v) is 2.66. The highest BCUT2D eigenvalue weighted by Gasteiger charge is 2.05. The zero-order valence-electron chi connectivity index (χ0n) is 10.3. The lowest BCUT2D eigenvalue weighted by Crippen LogP contribution is -2.05. The van der Waals surface area contributed by atoms with Gasteiger partial charge in [-0.25, -0.2) is 9.07 Å². The van der Waals surface area contributed by atoms with Gasteiger partial charge >= 0.3 is 0 Å². The summed E-state index contributed by atoms with van der Waals surface area (Å²) in [6.07, 6.45) is 4.80. The molecule has 0 aliphatic heterocycles. The Morgan fingerprint density at radius 3 is 2.94 bits per heavy atom. The van der Waals surface area contributed by atoms with Gasteiger partial charge in [-0.05, 0) is 35.0 Å². The number of anilines is 1. The molecule has 0 amide bonds. The van der Waals surface area contributed by atoms with Crippen LogP contribution in [0.5, 0.6) is 0 Å². The predicted molar refractivity (Wildman–Crippen MR) is 67.1 cm³/mol. The first-order valence-corrected chi connectivity index (χ1v) is 6.08. The minimum absolute atomic E-state index is 0.261. The molecule has 1 aromatic carbocycles. The third-order valence-electron chi connectivity index (χ3n) is 2.66. The minimum atomic E-state index is -0.261. The highest BCUT2D eigenvalue weighted by atomic mass is 19.1. The van der Waals surface area contributed by atoms with Crippen molar-refractivity contribution in [1.29, 1.82) is 0 Å². The Kier molecular flexibility index (Phi) is 4.22. The Labute approximate surface area is 105 Å². The average Bonchev–Trinajstić information content (AvgIpc) is 2.90. The van der Waals surface area contributed by atoms with Crippen LogP contribution in [0.1, 0.15) is 26.2 Å². The van der Waals surface area contributed by atoms with Crippen LogP contribution in [0.15, 0.2) is 24.5 Å². The maximum absolute atomic E-state index is 13.6. The van der Waals surface area contributed by atoms with Crippen molar-refractivity contribution >= 4 is 5.69 Å². The largest absolute Gasteiger partial charge is 0.383 e. The van der Waals surface area contributed by atoms with E-state index in [0.29, 0.717) is 5.69 Å². The number of nitrogens with zero attached hydrogens (tertiary/aromatic N) is 4. The summed E-state index contributed by atoms with van der Waals surface area (Å²) in [6, 6.07) is 4.76. The summed E-state index contributed by atoms with van der Waals surface area (Å²) in [4.78, 5) is 0. The molecule has 0 saturated heterocycles. The van der Waals surface area contributed by atoms with E-state index >= 15 is 0 Å². The van der Waals surface area contributed by atoms with Crippen LogP contribution in [0.2, 0.25) is 0 Å². The van der Waals surface area contributed by atoms with E-state index in [1.54, 1.807) is 12.1 Å². The lowest BCUT2D eigenvalue weighted by atomic mass is 10.2. The van der Waals surface area contributed by atoms with E-state index in [1.807, 2.05) is 0 Å². The molecule has 1 aromatic heterocycles. The summed E-state index contributed by atoms with van der Waals surface area (Å²) in [6.45, 7) is 2.91. The Balaban J connectivity index is 2.07. The van der Waals surface area contributed by atoms with Crippen LogP contribution >= 0.6 is 0 Å². The highest BCUT2D eigenvalue weighted by molar-refractivity contribution is 5.51. The summed E-state index contributed by atoms with van der Waals surface area (Å²) in [5, 5.41) is 14.0. The Morgan fingerprint density at radius 2 is 2.22 bits per heavy atom. The topological polar surface area (TPSA) is 55.6 Å². The van der Waals surface area contributed by atoms with Crippen LogP contribution in [0, 0.1) is 5.82 Å². The molecule has 0 aliphatic carbocycles. The van der Waals surface area contributed by atoms with Gasteiger partial charge in [-0.1, -0.05) is 19.8 Å².